The highest BCUT2D eigenvalue weighted by Gasteiger charge is 2.50. The smallest absolute Gasteiger partial charge is 0.303 e. The largest absolute Gasteiger partial charge is 0.458 e. The molecule has 3 fully saturated rings. The van der Waals surface area contributed by atoms with Gasteiger partial charge < -0.3 is 24.3 Å². The third-order valence-corrected chi connectivity index (χ3v) is 7.78. The van der Waals surface area contributed by atoms with E-state index in [1.165, 1.54) is 19.4 Å². The zero-order chi connectivity index (χ0) is 28.6. The molecule has 4 rings (SSSR count). The molecule has 1 aliphatic heterocycles. The normalized spacial score (nSPS) is 32.6. The predicted octanol–water partition coefficient (Wildman–Crippen LogP) is 4.71. The molecule has 1 aromatic rings. The lowest BCUT2D eigenvalue weighted by atomic mass is 9.80. The summed E-state index contributed by atoms with van der Waals surface area (Å²) in [5.41, 5.74) is 19.5. The molecule has 0 amide bonds. The van der Waals surface area contributed by atoms with Gasteiger partial charge in [0.25, 0.3) is 0 Å². The number of esters is 2. The summed E-state index contributed by atoms with van der Waals surface area (Å²) < 4.78 is 24.1. The van der Waals surface area contributed by atoms with Gasteiger partial charge in [0, 0.05) is 36.3 Å². The van der Waals surface area contributed by atoms with E-state index in [1.54, 1.807) is 0 Å². The summed E-state index contributed by atoms with van der Waals surface area (Å²) in [6.45, 7) is 5.06. The molecule has 2 saturated carbocycles. The summed E-state index contributed by atoms with van der Waals surface area (Å²) in [6.07, 6.45) is -0.154. The Morgan fingerprint density at radius 1 is 0.975 bits per heavy atom. The van der Waals surface area contributed by atoms with E-state index in [0.29, 0.717) is 31.7 Å². The molecule has 13 heteroatoms. The highest BCUT2D eigenvalue weighted by Crippen LogP contribution is 2.40. The van der Waals surface area contributed by atoms with Crippen LogP contribution in [-0.2, 0) is 35.1 Å². The molecule has 1 saturated heterocycles. The van der Waals surface area contributed by atoms with Gasteiger partial charge >= 0.3 is 11.9 Å². The zero-order valence-corrected chi connectivity index (χ0v) is 23.0. The number of nitrogens with zero attached hydrogens (tertiary/aromatic N) is 6. The fraction of sp³-hybridized carbons (Fsp3) is 0.704. The molecular formula is C27H37N7O6. The first-order valence-electron chi connectivity index (χ1n) is 13.8. The maximum Gasteiger partial charge on any atom is 0.303 e. The van der Waals surface area contributed by atoms with Crippen LogP contribution in [0.2, 0.25) is 0 Å². The number of carbonyl (C=O) groups excluding carboxylic acids is 2. The summed E-state index contributed by atoms with van der Waals surface area (Å²) in [6, 6.07) is 8.90. The Bertz CT molecular complexity index is 1120. The molecule has 1 aromatic carbocycles. The number of carbonyl (C=O) groups is 2. The first-order valence-corrected chi connectivity index (χ1v) is 13.8. The highest BCUT2D eigenvalue weighted by atomic mass is 16.7. The summed E-state index contributed by atoms with van der Waals surface area (Å²) in [5, 5.41) is 11.4. The van der Waals surface area contributed by atoms with E-state index in [2.05, 4.69) is 37.5 Å². The summed E-state index contributed by atoms with van der Waals surface area (Å²) in [4.78, 5) is 29.9. The average Bonchev–Trinajstić information content (AvgIpc) is 3.75. The van der Waals surface area contributed by atoms with Gasteiger partial charge in [0.15, 0.2) is 12.4 Å². The molecule has 1 heterocycles. The van der Waals surface area contributed by atoms with Gasteiger partial charge in [0.1, 0.15) is 12.2 Å². The van der Waals surface area contributed by atoms with Crippen molar-refractivity contribution >= 4 is 11.9 Å². The van der Waals surface area contributed by atoms with Gasteiger partial charge in [0.2, 0.25) is 0 Å². The molecule has 216 valence electrons. The number of azide groups is 2. The summed E-state index contributed by atoms with van der Waals surface area (Å²) in [5.74, 6) is -0.993. The van der Waals surface area contributed by atoms with E-state index in [-0.39, 0.29) is 18.1 Å². The van der Waals surface area contributed by atoms with E-state index in [4.69, 9.17) is 24.5 Å². The van der Waals surface area contributed by atoms with E-state index >= 15 is 0 Å². The Labute approximate surface area is 233 Å². The molecule has 3 unspecified atom stereocenters. The van der Waals surface area contributed by atoms with Crippen LogP contribution in [0.5, 0.6) is 0 Å². The number of rotatable bonds is 11. The van der Waals surface area contributed by atoms with Crippen LogP contribution < -0.4 is 5.32 Å². The van der Waals surface area contributed by atoms with Crippen LogP contribution in [0.4, 0.5) is 0 Å². The second-order valence-corrected chi connectivity index (χ2v) is 10.9. The minimum atomic E-state index is -1.05. The van der Waals surface area contributed by atoms with Crippen LogP contribution >= 0.6 is 0 Å². The number of hydrogen-bond acceptors (Lipinski definition) is 9. The number of hydrogen-bond donors (Lipinski definition) is 1. The Morgan fingerprint density at radius 2 is 1.62 bits per heavy atom. The van der Waals surface area contributed by atoms with Crippen molar-refractivity contribution in [3.05, 3.63) is 56.8 Å². The number of nitrogens with one attached hydrogen (secondary N) is 1. The lowest BCUT2D eigenvalue weighted by Crippen LogP contribution is -2.59. The number of ether oxygens (including phenoxy) is 4. The van der Waals surface area contributed by atoms with Crippen LogP contribution in [0.25, 0.3) is 20.9 Å². The molecule has 0 bridgehead atoms. The van der Waals surface area contributed by atoms with Crippen LogP contribution in [0.15, 0.2) is 40.6 Å². The third-order valence-electron chi connectivity index (χ3n) is 7.78. The Hall–Kier alpha value is -3.34. The first-order chi connectivity index (χ1) is 19.3. The molecular weight excluding hydrogens is 518 g/mol. The van der Waals surface area contributed by atoms with Crippen molar-refractivity contribution in [1.82, 2.24) is 5.32 Å². The van der Waals surface area contributed by atoms with Crippen molar-refractivity contribution in [2.24, 2.45) is 22.1 Å². The molecule has 13 nitrogen and oxygen atoms in total. The molecule has 1 N–H and O–H groups in total. The fourth-order valence-electron chi connectivity index (χ4n) is 5.84. The second kappa shape index (κ2) is 13.8. The number of benzene rings is 1. The lowest BCUT2D eigenvalue weighted by Gasteiger charge is -2.46. The van der Waals surface area contributed by atoms with Gasteiger partial charge in [-0.05, 0) is 60.6 Å². The molecule has 0 radical (unpaired) electrons. The molecule has 9 atom stereocenters. The maximum atomic E-state index is 12.1. The second-order valence-electron chi connectivity index (χ2n) is 10.9. The van der Waals surface area contributed by atoms with Crippen LogP contribution in [0.3, 0.4) is 0 Å². The van der Waals surface area contributed by atoms with Crippen molar-refractivity contribution in [3.8, 4) is 0 Å². The maximum absolute atomic E-state index is 12.1. The molecule has 40 heavy (non-hydrogen) atoms. The van der Waals surface area contributed by atoms with Crippen molar-refractivity contribution in [2.45, 2.75) is 108 Å². The van der Waals surface area contributed by atoms with Gasteiger partial charge in [-0.1, -0.05) is 47.5 Å². The van der Waals surface area contributed by atoms with E-state index in [9.17, 15) is 15.1 Å². The standard InChI is InChI=1S/C27H37N7O6/c1-15-13-21(32-34-29)25(37-16(2)35)26(38-17(3)36)24(15)40-27-20(31-33-28)11-12-22(39-27)23(19-9-10-19)30-14-18-7-5-4-6-8-18/h4-8,15,19-27,30H,9-14H2,1-3H3/t15-,20?,21?,22?,23-,24+,25-,26-,27+/m0/s1. The minimum absolute atomic E-state index is 0.0921. The van der Waals surface area contributed by atoms with E-state index < -0.39 is 48.6 Å². The van der Waals surface area contributed by atoms with Crippen molar-refractivity contribution in [3.63, 3.8) is 0 Å². The van der Waals surface area contributed by atoms with Crippen LogP contribution in [-0.4, -0.2) is 60.8 Å². The Morgan fingerprint density at radius 3 is 2.25 bits per heavy atom. The predicted molar refractivity (Wildman–Crippen MR) is 143 cm³/mol. The van der Waals surface area contributed by atoms with Crippen molar-refractivity contribution in [2.75, 3.05) is 0 Å². The first kappa shape index (κ1) is 29.6. The monoisotopic (exact) mass is 555 g/mol. The quantitative estimate of drug-likeness (QED) is 0.178. The van der Waals surface area contributed by atoms with Crippen molar-refractivity contribution < 1.29 is 28.5 Å². The van der Waals surface area contributed by atoms with Crippen molar-refractivity contribution in [1.29, 1.82) is 0 Å². The summed E-state index contributed by atoms with van der Waals surface area (Å²) >= 11 is 0. The molecule has 0 spiro atoms. The summed E-state index contributed by atoms with van der Waals surface area (Å²) in [7, 11) is 0. The van der Waals surface area contributed by atoms with Gasteiger partial charge in [0.05, 0.1) is 18.2 Å². The molecule has 3 aliphatic rings. The molecule has 2 aliphatic carbocycles. The topological polar surface area (TPSA) is 181 Å². The minimum Gasteiger partial charge on any atom is -0.458 e. The van der Waals surface area contributed by atoms with Gasteiger partial charge in [-0.25, -0.2) is 0 Å². The van der Waals surface area contributed by atoms with Gasteiger partial charge in [-0.15, -0.1) is 0 Å². The fourth-order valence-corrected chi connectivity index (χ4v) is 5.84. The molecule has 0 aromatic heterocycles. The SMILES string of the molecule is CC(=O)O[C@H]1[C@H](O[C@H]2OC([C@@H](NCc3ccccc3)C3CC3)CCC2N=[N+]=[N-])[C@@H](C)CC(N=[N+]=[N-])[C@@H]1OC(C)=O. The van der Waals surface area contributed by atoms with E-state index in [0.717, 1.165) is 12.8 Å². The third kappa shape index (κ3) is 7.65. The van der Waals surface area contributed by atoms with Crippen LogP contribution in [0.1, 0.15) is 58.4 Å². The Kier molecular flexibility index (Phi) is 10.2. The average molecular weight is 556 g/mol. The zero-order valence-electron chi connectivity index (χ0n) is 23.0. The van der Waals surface area contributed by atoms with Gasteiger partial charge in [-0.2, -0.15) is 0 Å². The highest BCUT2D eigenvalue weighted by molar-refractivity contribution is 5.67. The van der Waals surface area contributed by atoms with Gasteiger partial charge in [-0.3, -0.25) is 9.59 Å². The van der Waals surface area contributed by atoms with Crippen LogP contribution in [0, 0.1) is 11.8 Å². The van der Waals surface area contributed by atoms with E-state index in [1.807, 2.05) is 25.1 Å². The lowest BCUT2D eigenvalue weighted by molar-refractivity contribution is -0.268. The Balaban J connectivity index is 1.55.